The fourth-order valence-electron chi connectivity index (χ4n) is 3.79. The molecule has 1 aliphatic rings. The van der Waals surface area contributed by atoms with Crippen molar-refractivity contribution in [2.24, 2.45) is 0 Å². The fourth-order valence-corrected chi connectivity index (χ4v) is 3.79. The predicted molar refractivity (Wildman–Crippen MR) is 121 cm³/mol. The number of amides is 3. The molecule has 0 atom stereocenters. The summed E-state index contributed by atoms with van der Waals surface area (Å²) in [6.45, 7) is 3.36. The van der Waals surface area contributed by atoms with E-state index in [1.165, 1.54) is 4.90 Å². The molecular formula is C26H26N2O5. The van der Waals surface area contributed by atoms with Gasteiger partial charge in [0.2, 0.25) is 5.91 Å². The van der Waals surface area contributed by atoms with Crippen LogP contribution in [0.4, 0.5) is 0 Å². The summed E-state index contributed by atoms with van der Waals surface area (Å²) in [7, 11) is 0. The van der Waals surface area contributed by atoms with Crippen molar-refractivity contribution < 1.29 is 23.5 Å². The summed E-state index contributed by atoms with van der Waals surface area (Å²) in [5, 5.41) is 2.89. The molecule has 7 heteroatoms. The van der Waals surface area contributed by atoms with Gasteiger partial charge in [-0.05, 0) is 48.7 Å². The summed E-state index contributed by atoms with van der Waals surface area (Å²) in [6, 6.07) is 16.8. The molecule has 2 aromatic carbocycles. The third-order valence-electron chi connectivity index (χ3n) is 5.49. The van der Waals surface area contributed by atoms with Crippen LogP contribution >= 0.6 is 0 Å². The number of rotatable bonds is 10. The van der Waals surface area contributed by atoms with E-state index >= 15 is 0 Å². The Balaban J connectivity index is 1.19. The van der Waals surface area contributed by atoms with Crippen LogP contribution in [0.1, 0.15) is 56.0 Å². The Hall–Kier alpha value is -3.71. The zero-order valence-electron chi connectivity index (χ0n) is 18.5. The van der Waals surface area contributed by atoms with Crippen LogP contribution in [0.3, 0.4) is 0 Å². The summed E-state index contributed by atoms with van der Waals surface area (Å²) in [4.78, 5) is 38.5. The molecule has 3 amide bonds. The molecule has 33 heavy (non-hydrogen) atoms. The Labute approximate surface area is 192 Å². The van der Waals surface area contributed by atoms with E-state index in [2.05, 4.69) is 5.32 Å². The molecule has 1 N–H and O–H groups in total. The minimum Gasteiger partial charge on any atom is -0.467 e. The van der Waals surface area contributed by atoms with E-state index in [1.807, 2.05) is 49.4 Å². The zero-order chi connectivity index (χ0) is 23.2. The average Bonchev–Trinajstić information content (AvgIpc) is 3.40. The van der Waals surface area contributed by atoms with Gasteiger partial charge in [-0.25, -0.2) is 0 Å². The van der Waals surface area contributed by atoms with Gasteiger partial charge in [-0.3, -0.25) is 19.3 Å². The highest BCUT2D eigenvalue weighted by atomic mass is 16.5. The molecule has 1 aliphatic heterocycles. The van der Waals surface area contributed by atoms with Gasteiger partial charge < -0.3 is 14.5 Å². The standard InChI is InChI=1S/C26H26N2O5/c1-18-9-10-22-23(13-18)26(31)28(25(22)30)11-3-8-24(29)27-15-19-5-2-6-20(14-19)16-32-17-21-7-4-12-33-21/h2,4-7,9-10,12-14H,3,8,11,15-17H2,1H3,(H,27,29). The summed E-state index contributed by atoms with van der Waals surface area (Å²) in [5.74, 6) is 0.0725. The van der Waals surface area contributed by atoms with E-state index in [-0.39, 0.29) is 30.7 Å². The van der Waals surface area contributed by atoms with Gasteiger partial charge in [-0.15, -0.1) is 0 Å². The van der Waals surface area contributed by atoms with Crippen LogP contribution in [0.5, 0.6) is 0 Å². The molecule has 170 valence electrons. The van der Waals surface area contributed by atoms with E-state index in [1.54, 1.807) is 18.4 Å². The molecule has 4 rings (SSSR count). The lowest BCUT2D eigenvalue weighted by Crippen LogP contribution is -2.32. The van der Waals surface area contributed by atoms with Crippen molar-refractivity contribution in [3.05, 3.63) is 94.4 Å². The molecule has 0 saturated heterocycles. The third kappa shape index (κ3) is 5.56. The monoisotopic (exact) mass is 446 g/mol. The number of furan rings is 1. The maximum Gasteiger partial charge on any atom is 0.261 e. The van der Waals surface area contributed by atoms with Gasteiger partial charge in [0.25, 0.3) is 11.8 Å². The second kappa shape index (κ2) is 10.3. The van der Waals surface area contributed by atoms with Gasteiger partial charge in [-0.2, -0.15) is 0 Å². The van der Waals surface area contributed by atoms with Crippen molar-refractivity contribution in [1.29, 1.82) is 0 Å². The summed E-state index contributed by atoms with van der Waals surface area (Å²) in [5.41, 5.74) is 3.79. The molecular weight excluding hydrogens is 420 g/mol. The number of hydrogen-bond donors (Lipinski definition) is 1. The van der Waals surface area contributed by atoms with E-state index in [0.29, 0.717) is 37.3 Å². The molecule has 1 aromatic heterocycles. The third-order valence-corrected chi connectivity index (χ3v) is 5.49. The lowest BCUT2D eigenvalue weighted by atomic mass is 10.1. The van der Waals surface area contributed by atoms with Gasteiger partial charge in [0.15, 0.2) is 0 Å². The van der Waals surface area contributed by atoms with E-state index in [4.69, 9.17) is 9.15 Å². The fraction of sp³-hybridized carbons (Fsp3) is 0.269. The number of carbonyl (C=O) groups excluding carboxylic acids is 3. The molecule has 0 unspecified atom stereocenters. The van der Waals surface area contributed by atoms with Crippen LogP contribution in [0.15, 0.2) is 65.3 Å². The Morgan fingerprint density at radius 2 is 1.79 bits per heavy atom. The highest BCUT2D eigenvalue weighted by molar-refractivity contribution is 6.21. The molecule has 0 bridgehead atoms. The van der Waals surface area contributed by atoms with Crippen LogP contribution in [0.2, 0.25) is 0 Å². The number of carbonyl (C=O) groups is 3. The molecule has 0 radical (unpaired) electrons. The van der Waals surface area contributed by atoms with Crippen molar-refractivity contribution in [2.75, 3.05) is 6.54 Å². The SMILES string of the molecule is Cc1ccc2c(c1)C(=O)N(CCCC(=O)NCc1cccc(COCc3ccco3)c1)C2=O. The maximum atomic E-state index is 12.5. The van der Waals surface area contributed by atoms with Crippen LogP contribution in [0, 0.1) is 6.92 Å². The Kier molecular flexibility index (Phi) is 7.00. The lowest BCUT2D eigenvalue weighted by molar-refractivity contribution is -0.121. The predicted octanol–water partition coefficient (Wildman–Crippen LogP) is 4.00. The first-order chi connectivity index (χ1) is 16.0. The molecule has 3 aromatic rings. The molecule has 2 heterocycles. The normalized spacial score (nSPS) is 12.8. The quantitative estimate of drug-likeness (QED) is 0.476. The van der Waals surface area contributed by atoms with Crippen LogP contribution in [-0.2, 0) is 29.3 Å². The van der Waals surface area contributed by atoms with Crippen LogP contribution in [0.25, 0.3) is 0 Å². The van der Waals surface area contributed by atoms with E-state index in [0.717, 1.165) is 22.5 Å². The Morgan fingerprint density at radius 3 is 2.61 bits per heavy atom. The number of ether oxygens (including phenoxy) is 1. The topological polar surface area (TPSA) is 88.8 Å². The number of nitrogens with zero attached hydrogens (tertiary/aromatic N) is 1. The van der Waals surface area contributed by atoms with Gasteiger partial charge in [0.05, 0.1) is 24.0 Å². The van der Waals surface area contributed by atoms with Gasteiger partial charge in [0.1, 0.15) is 12.4 Å². The van der Waals surface area contributed by atoms with Crippen molar-refractivity contribution in [2.45, 2.75) is 39.5 Å². The van der Waals surface area contributed by atoms with Gasteiger partial charge >= 0.3 is 0 Å². The van der Waals surface area contributed by atoms with Gasteiger partial charge in [0, 0.05) is 19.5 Å². The summed E-state index contributed by atoms with van der Waals surface area (Å²) < 4.78 is 10.9. The smallest absolute Gasteiger partial charge is 0.261 e. The van der Waals surface area contributed by atoms with Crippen molar-refractivity contribution >= 4 is 17.7 Å². The highest BCUT2D eigenvalue weighted by Gasteiger charge is 2.34. The minimum absolute atomic E-state index is 0.123. The number of fused-ring (bicyclic) bond motifs is 1. The Morgan fingerprint density at radius 1 is 0.970 bits per heavy atom. The van der Waals surface area contributed by atoms with E-state index in [9.17, 15) is 14.4 Å². The first-order valence-electron chi connectivity index (χ1n) is 10.9. The summed E-state index contributed by atoms with van der Waals surface area (Å²) in [6.07, 6.45) is 2.26. The first kappa shape index (κ1) is 22.5. The first-order valence-corrected chi connectivity index (χ1v) is 10.9. The van der Waals surface area contributed by atoms with Crippen LogP contribution < -0.4 is 5.32 Å². The van der Waals surface area contributed by atoms with Crippen molar-refractivity contribution in [3.8, 4) is 0 Å². The number of nitrogens with one attached hydrogen (secondary N) is 1. The molecule has 0 spiro atoms. The number of imide groups is 1. The summed E-state index contributed by atoms with van der Waals surface area (Å²) >= 11 is 0. The molecule has 0 fully saturated rings. The number of aryl methyl sites for hydroxylation is 1. The van der Waals surface area contributed by atoms with Gasteiger partial charge in [-0.1, -0.05) is 35.9 Å². The largest absolute Gasteiger partial charge is 0.467 e. The number of hydrogen-bond acceptors (Lipinski definition) is 5. The van der Waals surface area contributed by atoms with Crippen molar-refractivity contribution in [3.63, 3.8) is 0 Å². The van der Waals surface area contributed by atoms with Crippen molar-refractivity contribution in [1.82, 2.24) is 10.2 Å². The maximum absolute atomic E-state index is 12.5. The zero-order valence-corrected chi connectivity index (χ0v) is 18.5. The number of benzene rings is 2. The molecule has 0 aliphatic carbocycles. The Bertz CT molecular complexity index is 1150. The second-order valence-electron chi connectivity index (χ2n) is 8.08. The van der Waals surface area contributed by atoms with E-state index < -0.39 is 0 Å². The van der Waals surface area contributed by atoms with Crippen LogP contribution in [-0.4, -0.2) is 29.2 Å². The highest BCUT2D eigenvalue weighted by Crippen LogP contribution is 2.24. The minimum atomic E-state index is -0.290. The molecule has 0 saturated carbocycles. The average molecular weight is 447 g/mol. The molecule has 7 nitrogen and oxygen atoms in total. The lowest BCUT2D eigenvalue weighted by Gasteiger charge is -2.13. The second-order valence-corrected chi connectivity index (χ2v) is 8.08.